The second-order valence-electron chi connectivity index (χ2n) is 5.92. The predicted octanol–water partition coefficient (Wildman–Crippen LogP) is 0.906. The van der Waals surface area contributed by atoms with Crippen molar-refractivity contribution in [2.45, 2.75) is 18.5 Å². The maximum atomic E-state index is 13.1. The van der Waals surface area contributed by atoms with Crippen LogP contribution in [0.5, 0.6) is 0 Å². The Hall–Kier alpha value is -2.12. The normalized spacial score (nSPS) is 21.4. The number of benzene rings is 1. The lowest BCUT2D eigenvalue weighted by atomic mass is 10.1. The lowest BCUT2D eigenvalue weighted by Crippen LogP contribution is -2.47. The van der Waals surface area contributed by atoms with E-state index in [4.69, 9.17) is 10.5 Å². The second kappa shape index (κ2) is 8.65. The number of alkyl carbamates (subject to hydrolysis) is 1. The van der Waals surface area contributed by atoms with Crippen LogP contribution in [-0.2, 0) is 14.3 Å². The first kappa shape index (κ1) is 18.2. The average molecular weight is 335 g/mol. The van der Waals surface area contributed by atoms with Crippen molar-refractivity contribution in [2.75, 3.05) is 33.9 Å². The molecule has 0 radical (unpaired) electrons. The van der Waals surface area contributed by atoms with Gasteiger partial charge in [-0.1, -0.05) is 30.3 Å². The zero-order chi connectivity index (χ0) is 17.5. The van der Waals surface area contributed by atoms with E-state index < -0.39 is 12.1 Å². The molecular formula is C17H25N3O4. The molecule has 2 amide bonds. The third-order valence-corrected chi connectivity index (χ3v) is 4.29. The van der Waals surface area contributed by atoms with Crippen molar-refractivity contribution in [1.82, 2.24) is 10.2 Å². The van der Waals surface area contributed by atoms with Crippen LogP contribution in [0.3, 0.4) is 0 Å². The molecule has 0 aliphatic carbocycles. The van der Waals surface area contributed by atoms with Crippen LogP contribution in [0.4, 0.5) is 4.79 Å². The van der Waals surface area contributed by atoms with E-state index >= 15 is 0 Å². The van der Waals surface area contributed by atoms with Crippen molar-refractivity contribution in [2.24, 2.45) is 11.7 Å². The minimum Gasteiger partial charge on any atom is -0.453 e. The van der Waals surface area contributed by atoms with Crippen LogP contribution >= 0.6 is 0 Å². The SMILES string of the molecule is COC[C@H]1C[C@@H](CN)N(C(=O)C(NC(=O)OC)c2ccccc2)C1. The summed E-state index contributed by atoms with van der Waals surface area (Å²) >= 11 is 0. The molecule has 7 heteroatoms. The molecule has 132 valence electrons. The van der Waals surface area contributed by atoms with Crippen LogP contribution in [0.1, 0.15) is 18.0 Å². The molecule has 1 saturated heterocycles. The number of methoxy groups -OCH3 is 2. The van der Waals surface area contributed by atoms with Crippen molar-refractivity contribution in [3.8, 4) is 0 Å². The Morgan fingerprint density at radius 1 is 1.33 bits per heavy atom. The highest BCUT2D eigenvalue weighted by Crippen LogP contribution is 2.27. The number of amides is 2. The zero-order valence-electron chi connectivity index (χ0n) is 14.1. The van der Waals surface area contributed by atoms with Gasteiger partial charge in [-0.2, -0.15) is 0 Å². The van der Waals surface area contributed by atoms with Crippen molar-refractivity contribution >= 4 is 12.0 Å². The summed E-state index contributed by atoms with van der Waals surface area (Å²) in [6.07, 6.45) is 0.157. The second-order valence-corrected chi connectivity index (χ2v) is 5.92. The first-order valence-corrected chi connectivity index (χ1v) is 7.99. The molecule has 1 aliphatic heterocycles. The average Bonchev–Trinajstić information content (AvgIpc) is 3.03. The summed E-state index contributed by atoms with van der Waals surface area (Å²) in [5, 5.41) is 2.63. The summed E-state index contributed by atoms with van der Waals surface area (Å²) in [6.45, 7) is 1.53. The maximum Gasteiger partial charge on any atom is 0.407 e. The molecule has 3 N–H and O–H groups in total. The molecular weight excluding hydrogens is 310 g/mol. The summed E-state index contributed by atoms with van der Waals surface area (Å²) in [6, 6.07) is 8.27. The van der Waals surface area contributed by atoms with Crippen molar-refractivity contribution in [3.63, 3.8) is 0 Å². The molecule has 24 heavy (non-hydrogen) atoms. The fourth-order valence-corrected chi connectivity index (χ4v) is 3.14. The van der Waals surface area contributed by atoms with E-state index in [1.165, 1.54) is 7.11 Å². The van der Waals surface area contributed by atoms with Crippen LogP contribution in [0.15, 0.2) is 30.3 Å². The van der Waals surface area contributed by atoms with Crippen molar-refractivity contribution in [3.05, 3.63) is 35.9 Å². The first-order chi connectivity index (χ1) is 11.6. The molecule has 0 saturated carbocycles. The summed E-state index contributed by atoms with van der Waals surface area (Å²) in [5.41, 5.74) is 6.55. The Morgan fingerprint density at radius 3 is 2.62 bits per heavy atom. The van der Waals surface area contributed by atoms with E-state index in [1.807, 2.05) is 18.2 Å². The van der Waals surface area contributed by atoms with Gasteiger partial charge in [0.25, 0.3) is 0 Å². The number of likely N-dealkylation sites (tertiary alicyclic amines) is 1. The van der Waals surface area contributed by atoms with E-state index in [-0.39, 0.29) is 17.9 Å². The molecule has 7 nitrogen and oxygen atoms in total. The highest BCUT2D eigenvalue weighted by molar-refractivity contribution is 5.87. The molecule has 3 atom stereocenters. The van der Waals surface area contributed by atoms with Crippen LogP contribution < -0.4 is 11.1 Å². The first-order valence-electron chi connectivity index (χ1n) is 7.99. The molecule has 0 spiro atoms. The van der Waals surface area contributed by atoms with Gasteiger partial charge in [0.2, 0.25) is 5.91 Å². The molecule has 1 unspecified atom stereocenters. The molecule has 1 aromatic rings. The number of nitrogens with two attached hydrogens (primary N) is 1. The molecule has 1 aliphatic rings. The van der Waals surface area contributed by atoms with Crippen LogP contribution in [-0.4, -0.2) is 56.9 Å². The maximum absolute atomic E-state index is 13.1. The Bertz CT molecular complexity index is 552. The Balaban J connectivity index is 2.21. The van der Waals surface area contributed by atoms with E-state index in [2.05, 4.69) is 10.1 Å². The molecule has 0 aromatic heterocycles. The fraction of sp³-hybridized carbons (Fsp3) is 0.529. The molecule has 0 bridgehead atoms. The number of hydrogen-bond donors (Lipinski definition) is 2. The van der Waals surface area contributed by atoms with Gasteiger partial charge in [-0.3, -0.25) is 4.79 Å². The minimum atomic E-state index is -0.797. The van der Waals surface area contributed by atoms with Gasteiger partial charge in [0.15, 0.2) is 0 Å². The molecule has 1 heterocycles. The van der Waals surface area contributed by atoms with Crippen LogP contribution in [0.25, 0.3) is 0 Å². The van der Waals surface area contributed by atoms with E-state index in [1.54, 1.807) is 24.1 Å². The van der Waals surface area contributed by atoms with Gasteiger partial charge in [-0.15, -0.1) is 0 Å². The number of hydrogen-bond acceptors (Lipinski definition) is 5. The lowest BCUT2D eigenvalue weighted by molar-refractivity contribution is -0.134. The molecule has 1 fully saturated rings. The third kappa shape index (κ3) is 4.24. The number of rotatable bonds is 6. The standard InChI is InChI=1S/C17H25N3O4/c1-23-11-12-8-14(9-18)20(10-12)16(21)15(19-17(22)24-2)13-6-4-3-5-7-13/h3-7,12,14-15H,8-11,18H2,1-2H3,(H,19,22)/t12-,14-,15?/m0/s1. The quantitative estimate of drug-likeness (QED) is 0.806. The minimum absolute atomic E-state index is 0.0525. The van der Waals surface area contributed by atoms with Crippen molar-refractivity contribution < 1.29 is 19.1 Å². The Kier molecular flexibility index (Phi) is 6.57. The number of carbonyl (C=O) groups excluding carboxylic acids is 2. The number of ether oxygens (including phenoxy) is 2. The highest BCUT2D eigenvalue weighted by Gasteiger charge is 2.38. The van der Waals surface area contributed by atoms with Gasteiger partial charge in [-0.05, 0) is 12.0 Å². The third-order valence-electron chi connectivity index (χ3n) is 4.29. The van der Waals surface area contributed by atoms with Gasteiger partial charge < -0.3 is 25.4 Å². The monoisotopic (exact) mass is 335 g/mol. The van der Waals surface area contributed by atoms with Gasteiger partial charge in [0, 0.05) is 32.2 Å². The van der Waals surface area contributed by atoms with Gasteiger partial charge in [-0.25, -0.2) is 4.79 Å². The summed E-state index contributed by atoms with van der Waals surface area (Å²) in [5.74, 6) is 0.0719. The Labute approximate surface area is 142 Å². The zero-order valence-corrected chi connectivity index (χ0v) is 14.1. The summed E-state index contributed by atoms with van der Waals surface area (Å²) in [4.78, 5) is 26.5. The van der Waals surface area contributed by atoms with Gasteiger partial charge in [0.05, 0.1) is 13.7 Å². The predicted molar refractivity (Wildman–Crippen MR) is 89.3 cm³/mol. The molecule has 2 rings (SSSR count). The highest BCUT2D eigenvalue weighted by atomic mass is 16.5. The van der Waals surface area contributed by atoms with E-state index in [0.717, 1.165) is 6.42 Å². The number of carbonyl (C=O) groups is 2. The van der Waals surface area contributed by atoms with Crippen molar-refractivity contribution in [1.29, 1.82) is 0 Å². The summed E-state index contributed by atoms with van der Waals surface area (Å²) in [7, 11) is 2.92. The smallest absolute Gasteiger partial charge is 0.407 e. The number of nitrogens with one attached hydrogen (secondary N) is 1. The van der Waals surface area contributed by atoms with Gasteiger partial charge in [0.1, 0.15) is 6.04 Å². The summed E-state index contributed by atoms with van der Waals surface area (Å²) < 4.78 is 9.87. The fourth-order valence-electron chi connectivity index (χ4n) is 3.14. The van der Waals surface area contributed by atoms with Crippen LogP contribution in [0.2, 0.25) is 0 Å². The number of nitrogens with zero attached hydrogens (tertiary/aromatic N) is 1. The largest absolute Gasteiger partial charge is 0.453 e. The Morgan fingerprint density at radius 2 is 2.04 bits per heavy atom. The van der Waals surface area contributed by atoms with Gasteiger partial charge >= 0.3 is 6.09 Å². The van der Waals surface area contributed by atoms with E-state index in [9.17, 15) is 9.59 Å². The molecule has 1 aromatic carbocycles. The van der Waals surface area contributed by atoms with E-state index in [0.29, 0.717) is 25.3 Å². The van der Waals surface area contributed by atoms with Crippen LogP contribution in [0, 0.1) is 5.92 Å². The topological polar surface area (TPSA) is 93.9 Å². The lowest BCUT2D eigenvalue weighted by Gasteiger charge is -2.28.